The van der Waals surface area contributed by atoms with Gasteiger partial charge in [0.15, 0.2) is 0 Å². The van der Waals surface area contributed by atoms with E-state index in [1.165, 1.54) is 0 Å². The van der Waals surface area contributed by atoms with Crippen LogP contribution >= 0.6 is 0 Å². The number of imidazole rings is 1. The van der Waals surface area contributed by atoms with E-state index in [0.29, 0.717) is 18.1 Å². The molecule has 156 valence electrons. The molecule has 0 aliphatic carbocycles. The lowest BCUT2D eigenvalue weighted by molar-refractivity contribution is -0.134. The van der Waals surface area contributed by atoms with Crippen molar-refractivity contribution < 1.29 is 24.6 Å². The standard InChI is InChI=1S/C17H18N4O.C4H4O4/c22-17(14-9-19-15-4-2-1-3-13(14)15)21-7-5-12(6-8-21)16-10-18-11-20-16;5-3(6)1-2-4(7)8/h1-4,9-12,19H,5-8H2,(H,18,20);1-2H,(H,5,6)(H,7,8)/b;2-1+. The van der Waals surface area contributed by atoms with Crippen LogP contribution in [0.1, 0.15) is 34.8 Å². The third-order valence-electron chi connectivity index (χ3n) is 4.91. The van der Waals surface area contributed by atoms with E-state index in [1.54, 1.807) is 6.33 Å². The third kappa shape index (κ3) is 5.13. The molecule has 1 saturated heterocycles. The monoisotopic (exact) mass is 410 g/mol. The number of carbonyl (C=O) groups excluding carboxylic acids is 1. The number of para-hydroxylation sites is 1. The molecule has 0 spiro atoms. The van der Waals surface area contributed by atoms with E-state index in [0.717, 1.165) is 48.1 Å². The Labute approximate surface area is 172 Å². The Morgan fingerprint density at radius 2 is 1.70 bits per heavy atom. The lowest BCUT2D eigenvalue weighted by atomic mass is 9.93. The van der Waals surface area contributed by atoms with Gasteiger partial charge in [0.2, 0.25) is 0 Å². The molecule has 30 heavy (non-hydrogen) atoms. The van der Waals surface area contributed by atoms with Crippen molar-refractivity contribution in [1.29, 1.82) is 0 Å². The van der Waals surface area contributed by atoms with Crippen LogP contribution in [0.25, 0.3) is 10.9 Å². The summed E-state index contributed by atoms with van der Waals surface area (Å²) in [6.07, 6.45) is 8.57. The van der Waals surface area contributed by atoms with Gasteiger partial charge in [-0.15, -0.1) is 0 Å². The summed E-state index contributed by atoms with van der Waals surface area (Å²) in [6.45, 7) is 1.58. The molecule has 9 heteroatoms. The molecule has 3 aromatic rings. The molecule has 1 fully saturated rings. The number of hydrogen-bond acceptors (Lipinski definition) is 4. The van der Waals surface area contributed by atoms with Crippen molar-refractivity contribution >= 4 is 28.7 Å². The van der Waals surface area contributed by atoms with E-state index in [2.05, 4.69) is 15.0 Å². The topological polar surface area (TPSA) is 139 Å². The smallest absolute Gasteiger partial charge is 0.328 e. The predicted octanol–water partition coefficient (Wildman–Crippen LogP) is 2.62. The molecule has 0 bridgehead atoms. The number of likely N-dealkylation sites (tertiary alicyclic amines) is 1. The summed E-state index contributed by atoms with van der Waals surface area (Å²) in [5.41, 5.74) is 2.89. The minimum atomic E-state index is -1.26. The molecule has 1 amide bonds. The summed E-state index contributed by atoms with van der Waals surface area (Å²) in [4.78, 5) is 44.3. The van der Waals surface area contributed by atoms with E-state index in [-0.39, 0.29) is 5.91 Å². The van der Waals surface area contributed by atoms with E-state index < -0.39 is 11.9 Å². The minimum Gasteiger partial charge on any atom is -0.478 e. The van der Waals surface area contributed by atoms with Crippen molar-refractivity contribution in [2.24, 2.45) is 0 Å². The second-order valence-corrected chi connectivity index (χ2v) is 6.82. The molecule has 4 rings (SSSR count). The van der Waals surface area contributed by atoms with Crippen LogP contribution in [-0.4, -0.2) is 61.0 Å². The predicted molar refractivity (Wildman–Crippen MR) is 109 cm³/mol. The number of H-pyrrole nitrogens is 2. The third-order valence-corrected chi connectivity index (χ3v) is 4.91. The Balaban J connectivity index is 0.000000275. The molecule has 2 aromatic heterocycles. The van der Waals surface area contributed by atoms with Crippen LogP contribution in [0.5, 0.6) is 0 Å². The number of rotatable bonds is 4. The normalized spacial score (nSPS) is 14.5. The highest BCUT2D eigenvalue weighted by molar-refractivity contribution is 6.06. The first kappa shape index (κ1) is 20.8. The fraction of sp³-hybridized carbons (Fsp3) is 0.238. The maximum Gasteiger partial charge on any atom is 0.328 e. The number of piperidine rings is 1. The lowest BCUT2D eigenvalue weighted by Crippen LogP contribution is -2.37. The van der Waals surface area contributed by atoms with Crippen molar-refractivity contribution in [2.75, 3.05) is 13.1 Å². The Hall–Kier alpha value is -3.88. The highest BCUT2D eigenvalue weighted by atomic mass is 16.4. The average Bonchev–Trinajstić information content (AvgIpc) is 3.42. The number of aromatic nitrogens is 3. The van der Waals surface area contributed by atoms with Gasteiger partial charge in [-0.2, -0.15) is 0 Å². The number of carbonyl (C=O) groups is 3. The van der Waals surface area contributed by atoms with Gasteiger partial charge in [0.05, 0.1) is 17.6 Å². The summed E-state index contributed by atoms with van der Waals surface area (Å²) >= 11 is 0. The highest BCUT2D eigenvalue weighted by Crippen LogP contribution is 2.28. The van der Waals surface area contributed by atoms with Gasteiger partial charge in [-0.1, -0.05) is 18.2 Å². The van der Waals surface area contributed by atoms with Crippen LogP contribution in [0, 0.1) is 0 Å². The van der Waals surface area contributed by atoms with Gasteiger partial charge in [0.25, 0.3) is 5.91 Å². The number of amides is 1. The van der Waals surface area contributed by atoms with E-state index in [4.69, 9.17) is 10.2 Å². The van der Waals surface area contributed by atoms with Gasteiger partial charge >= 0.3 is 11.9 Å². The van der Waals surface area contributed by atoms with Gasteiger partial charge in [0, 0.05) is 54.5 Å². The van der Waals surface area contributed by atoms with Crippen LogP contribution in [0.15, 0.2) is 55.1 Å². The maximum atomic E-state index is 12.8. The number of aliphatic carboxylic acids is 2. The molecule has 3 heterocycles. The first-order valence-electron chi connectivity index (χ1n) is 9.43. The summed E-state index contributed by atoms with van der Waals surface area (Å²) in [5, 5.41) is 16.6. The molecule has 0 radical (unpaired) electrons. The number of fused-ring (bicyclic) bond motifs is 1. The quantitative estimate of drug-likeness (QED) is 0.488. The van der Waals surface area contributed by atoms with Gasteiger partial charge in [-0.3, -0.25) is 4.79 Å². The van der Waals surface area contributed by atoms with Crippen molar-refractivity contribution in [2.45, 2.75) is 18.8 Å². The summed E-state index contributed by atoms with van der Waals surface area (Å²) in [7, 11) is 0. The fourth-order valence-corrected chi connectivity index (χ4v) is 3.43. The zero-order valence-corrected chi connectivity index (χ0v) is 16.1. The summed E-state index contributed by atoms with van der Waals surface area (Å²) < 4.78 is 0. The largest absolute Gasteiger partial charge is 0.478 e. The number of carboxylic acid groups (broad SMARTS) is 2. The molecule has 9 nitrogen and oxygen atoms in total. The Morgan fingerprint density at radius 1 is 1.03 bits per heavy atom. The van der Waals surface area contributed by atoms with Crippen LogP contribution in [0.3, 0.4) is 0 Å². The zero-order chi connectivity index (χ0) is 21.5. The van der Waals surface area contributed by atoms with Crippen LogP contribution in [0.2, 0.25) is 0 Å². The molecular weight excluding hydrogens is 388 g/mol. The fourth-order valence-electron chi connectivity index (χ4n) is 3.43. The Bertz CT molecular complexity index is 1030. The Kier molecular flexibility index (Phi) is 6.63. The van der Waals surface area contributed by atoms with E-state index >= 15 is 0 Å². The number of aromatic amines is 2. The molecule has 0 unspecified atom stereocenters. The molecule has 0 atom stereocenters. The molecule has 0 saturated carbocycles. The first-order chi connectivity index (χ1) is 14.5. The number of nitrogens with zero attached hydrogens (tertiary/aromatic N) is 2. The van der Waals surface area contributed by atoms with Crippen molar-refractivity contribution in [1.82, 2.24) is 19.9 Å². The number of hydrogen-bond donors (Lipinski definition) is 4. The molecule has 1 aromatic carbocycles. The maximum absolute atomic E-state index is 12.8. The number of benzene rings is 1. The van der Waals surface area contributed by atoms with E-state index in [1.807, 2.05) is 41.6 Å². The van der Waals surface area contributed by atoms with Gasteiger partial charge in [-0.05, 0) is 18.9 Å². The van der Waals surface area contributed by atoms with Gasteiger partial charge in [-0.25, -0.2) is 14.6 Å². The molecule has 1 aliphatic rings. The first-order valence-corrected chi connectivity index (χ1v) is 9.43. The molecule has 1 aliphatic heterocycles. The summed E-state index contributed by atoms with van der Waals surface area (Å²) in [5.74, 6) is -1.93. The van der Waals surface area contributed by atoms with Crippen molar-refractivity contribution in [3.63, 3.8) is 0 Å². The van der Waals surface area contributed by atoms with Crippen molar-refractivity contribution in [3.05, 3.63) is 66.4 Å². The summed E-state index contributed by atoms with van der Waals surface area (Å²) in [6, 6.07) is 7.94. The van der Waals surface area contributed by atoms with Gasteiger partial charge < -0.3 is 25.1 Å². The minimum absolute atomic E-state index is 0.123. The van der Waals surface area contributed by atoms with E-state index in [9.17, 15) is 14.4 Å². The molecule has 4 N–H and O–H groups in total. The van der Waals surface area contributed by atoms with Gasteiger partial charge in [0.1, 0.15) is 0 Å². The number of carboxylic acids is 2. The zero-order valence-electron chi connectivity index (χ0n) is 16.1. The van der Waals surface area contributed by atoms with Crippen LogP contribution < -0.4 is 0 Å². The second-order valence-electron chi connectivity index (χ2n) is 6.82. The molecular formula is C21H22N4O5. The second kappa shape index (κ2) is 9.55. The van der Waals surface area contributed by atoms with Crippen LogP contribution in [-0.2, 0) is 9.59 Å². The lowest BCUT2D eigenvalue weighted by Gasteiger charge is -2.31. The van der Waals surface area contributed by atoms with Crippen molar-refractivity contribution in [3.8, 4) is 0 Å². The SMILES string of the molecule is O=C(O)/C=C/C(=O)O.O=C(c1c[nH]c2ccccc12)N1CCC(c2c[nH]cn2)CC1. The highest BCUT2D eigenvalue weighted by Gasteiger charge is 2.26. The van der Waals surface area contributed by atoms with Crippen LogP contribution in [0.4, 0.5) is 0 Å². The average molecular weight is 410 g/mol. The number of nitrogens with one attached hydrogen (secondary N) is 2. The Morgan fingerprint density at radius 3 is 2.30 bits per heavy atom.